The zero-order chi connectivity index (χ0) is 14.0. The maximum atomic E-state index is 5.39. The van der Waals surface area contributed by atoms with Gasteiger partial charge in [-0.2, -0.15) is 0 Å². The van der Waals surface area contributed by atoms with Crippen molar-refractivity contribution in [1.82, 2.24) is 5.32 Å². The van der Waals surface area contributed by atoms with Crippen molar-refractivity contribution in [3.8, 4) is 11.5 Å². The maximum Gasteiger partial charge on any atom is 0.161 e. The molecule has 1 N–H and O–H groups in total. The Morgan fingerprint density at radius 2 is 1.68 bits per heavy atom. The lowest BCUT2D eigenvalue weighted by Gasteiger charge is -2.21. The first-order valence-electron chi connectivity index (χ1n) is 6.37. The smallest absolute Gasteiger partial charge is 0.161 e. The average molecular weight is 275 g/mol. The van der Waals surface area contributed by atoms with E-state index in [1.54, 1.807) is 14.2 Å². The summed E-state index contributed by atoms with van der Waals surface area (Å²) in [6, 6.07) is 4.06. The second kappa shape index (κ2) is 5.13. The van der Waals surface area contributed by atoms with Gasteiger partial charge in [-0.15, -0.1) is 0 Å². The van der Waals surface area contributed by atoms with Crippen molar-refractivity contribution in [2.45, 2.75) is 19.6 Å². The zero-order valence-electron chi connectivity index (χ0n) is 12.2. The van der Waals surface area contributed by atoms with Crippen LogP contribution in [0.1, 0.15) is 11.1 Å². The third kappa shape index (κ3) is 3.01. The predicted molar refractivity (Wildman–Crippen MR) is 83.0 cm³/mol. The van der Waals surface area contributed by atoms with Crippen LogP contribution in [0.5, 0.6) is 11.5 Å². The van der Waals surface area contributed by atoms with Crippen molar-refractivity contribution in [3.05, 3.63) is 35.2 Å². The van der Waals surface area contributed by atoms with Crippen LogP contribution in [0.3, 0.4) is 0 Å². The summed E-state index contributed by atoms with van der Waals surface area (Å²) < 4.78 is 10.7. The number of fused-ring (bicyclic) bond motifs is 1. The molecule has 1 aromatic rings. The number of nitrogens with one attached hydrogen (secondary N) is 1. The molecule has 1 aliphatic rings. The second-order valence-electron chi connectivity index (χ2n) is 5.70. The summed E-state index contributed by atoms with van der Waals surface area (Å²) in [6.07, 6.45) is 4.03. The van der Waals surface area contributed by atoms with Crippen molar-refractivity contribution >= 4 is 19.8 Å². The fourth-order valence-corrected chi connectivity index (χ4v) is 3.22. The van der Waals surface area contributed by atoms with Crippen LogP contribution < -0.4 is 14.8 Å². The molecule has 0 fully saturated rings. The molecule has 4 heteroatoms. The van der Waals surface area contributed by atoms with Crippen LogP contribution in [-0.2, 0) is 0 Å². The minimum Gasteiger partial charge on any atom is -0.493 e. The molecular formula is C15H21NO2Si. The Kier molecular flexibility index (Phi) is 3.71. The fourth-order valence-electron chi connectivity index (χ4n) is 2.12. The van der Waals surface area contributed by atoms with Gasteiger partial charge in [-0.3, -0.25) is 0 Å². The van der Waals surface area contributed by atoms with Crippen LogP contribution in [-0.4, -0.2) is 22.3 Å². The SMILES string of the molecule is COc1cc2c(cc1OC)C(=C[Si](C)(C)C)NC=C2. The zero-order valence-corrected chi connectivity index (χ0v) is 13.2. The van der Waals surface area contributed by atoms with Gasteiger partial charge in [0.15, 0.2) is 11.5 Å². The summed E-state index contributed by atoms with van der Waals surface area (Å²) >= 11 is 0. The summed E-state index contributed by atoms with van der Waals surface area (Å²) in [6.45, 7) is 6.96. The van der Waals surface area contributed by atoms with Gasteiger partial charge in [0.05, 0.1) is 22.3 Å². The van der Waals surface area contributed by atoms with Crippen molar-refractivity contribution in [2.75, 3.05) is 14.2 Å². The first-order valence-corrected chi connectivity index (χ1v) is 9.94. The molecule has 0 aromatic heterocycles. The highest BCUT2D eigenvalue weighted by Crippen LogP contribution is 2.35. The van der Waals surface area contributed by atoms with E-state index in [1.807, 2.05) is 18.3 Å². The summed E-state index contributed by atoms with van der Waals surface area (Å²) in [5.74, 6) is 1.53. The Morgan fingerprint density at radius 3 is 2.26 bits per heavy atom. The average Bonchev–Trinajstić information content (AvgIpc) is 2.35. The fraction of sp³-hybridized carbons (Fsp3) is 0.333. The molecule has 2 rings (SSSR count). The van der Waals surface area contributed by atoms with Crippen molar-refractivity contribution in [3.63, 3.8) is 0 Å². The van der Waals surface area contributed by atoms with Crippen LogP contribution >= 0.6 is 0 Å². The van der Waals surface area contributed by atoms with Gasteiger partial charge in [0.1, 0.15) is 0 Å². The van der Waals surface area contributed by atoms with E-state index in [0.717, 1.165) is 22.8 Å². The van der Waals surface area contributed by atoms with E-state index >= 15 is 0 Å². The first kappa shape index (κ1) is 13.7. The van der Waals surface area contributed by atoms with Gasteiger partial charge in [0.25, 0.3) is 0 Å². The van der Waals surface area contributed by atoms with E-state index in [4.69, 9.17) is 9.47 Å². The van der Waals surface area contributed by atoms with Gasteiger partial charge in [0, 0.05) is 17.5 Å². The molecule has 0 aliphatic carbocycles. The molecule has 0 saturated carbocycles. The monoisotopic (exact) mass is 275 g/mol. The Bertz CT molecular complexity index is 542. The molecule has 3 nitrogen and oxygen atoms in total. The van der Waals surface area contributed by atoms with Crippen LogP contribution in [0.2, 0.25) is 19.6 Å². The molecular weight excluding hydrogens is 254 g/mol. The molecule has 1 heterocycles. The van der Waals surface area contributed by atoms with Gasteiger partial charge in [-0.25, -0.2) is 0 Å². The van der Waals surface area contributed by atoms with Crippen LogP contribution in [0, 0.1) is 0 Å². The molecule has 1 aliphatic heterocycles. The Hall–Kier alpha value is -1.68. The lowest BCUT2D eigenvalue weighted by molar-refractivity contribution is 0.354. The first-order chi connectivity index (χ1) is 8.94. The van der Waals surface area contributed by atoms with Gasteiger partial charge in [-0.05, 0) is 23.8 Å². The third-order valence-corrected chi connectivity index (χ3v) is 4.08. The van der Waals surface area contributed by atoms with Gasteiger partial charge >= 0.3 is 0 Å². The number of hydrogen-bond acceptors (Lipinski definition) is 3. The predicted octanol–water partition coefficient (Wildman–Crippen LogP) is 3.50. The largest absolute Gasteiger partial charge is 0.493 e. The molecule has 1 aromatic carbocycles. The lowest BCUT2D eigenvalue weighted by atomic mass is 10.0. The molecule has 0 atom stereocenters. The van der Waals surface area contributed by atoms with Crippen LogP contribution in [0.25, 0.3) is 11.8 Å². The summed E-state index contributed by atoms with van der Waals surface area (Å²) in [4.78, 5) is 0. The van der Waals surface area contributed by atoms with E-state index in [-0.39, 0.29) is 0 Å². The van der Waals surface area contributed by atoms with E-state index in [9.17, 15) is 0 Å². The van der Waals surface area contributed by atoms with Crippen molar-refractivity contribution in [1.29, 1.82) is 0 Å². The summed E-state index contributed by atoms with van der Waals surface area (Å²) in [7, 11) is 2.03. The van der Waals surface area contributed by atoms with Crippen LogP contribution in [0.4, 0.5) is 0 Å². The van der Waals surface area contributed by atoms with Crippen molar-refractivity contribution < 1.29 is 9.47 Å². The van der Waals surface area contributed by atoms with Gasteiger partial charge in [-0.1, -0.05) is 25.3 Å². The standard InChI is InChI=1S/C15H21NO2Si/c1-17-14-8-11-6-7-16-13(10-19(3,4)5)12(11)9-15(14)18-2/h6-10,16H,1-5H3. The number of methoxy groups -OCH3 is 2. The Morgan fingerprint density at radius 1 is 1.05 bits per heavy atom. The highest BCUT2D eigenvalue weighted by molar-refractivity contribution is 6.81. The number of hydrogen-bond donors (Lipinski definition) is 1. The van der Waals surface area contributed by atoms with E-state index in [1.165, 1.54) is 5.56 Å². The maximum absolute atomic E-state index is 5.39. The second-order valence-corrected chi connectivity index (χ2v) is 10.7. The number of rotatable bonds is 3. The van der Waals surface area contributed by atoms with E-state index < -0.39 is 8.07 Å². The minimum atomic E-state index is -1.29. The van der Waals surface area contributed by atoms with Crippen molar-refractivity contribution in [2.24, 2.45) is 0 Å². The molecule has 19 heavy (non-hydrogen) atoms. The molecule has 0 radical (unpaired) electrons. The van der Waals surface area contributed by atoms with Crippen LogP contribution in [0.15, 0.2) is 24.0 Å². The Balaban J connectivity index is 2.56. The quantitative estimate of drug-likeness (QED) is 0.857. The molecule has 0 spiro atoms. The summed E-state index contributed by atoms with van der Waals surface area (Å²) in [5.41, 5.74) is 5.85. The number of benzene rings is 1. The Labute approximate surface area is 115 Å². The topological polar surface area (TPSA) is 30.5 Å². The highest BCUT2D eigenvalue weighted by Gasteiger charge is 2.18. The molecule has 102 valence electrons. The lowest BCUT2D eigenvalue weighted by Crippen LogP contribution is -2.21. The molecule has 0 bridgehead atoms. The van der Waals surface area contributed by atoms with Gasteiger partial charge in [0.2, 0.25) is 0 Å². The normalized spacial score (nSPS) is 15.9. The van der Waals surface area contributed by atoms with Gasteiger partial charge < -0.3 is 14.8 Å². The number of ether oxygens (including phenoxy) is 2. The summed E-state index contributed by atoms with van der Waals surface area (Å²) in [5, 5.41) is 3.34. The highest BCUT2D eigenvalue weighted by atomic mass is 28.3. The minimum absolute atomic E-state index is 0.764. The molecule has 0 unspecified atom stereocenters. The molecule has 0 saturated heterocycles. The molecule has 0 amide bonds. The third-order valence-electron chi connectivity index (χ3n) is 2.92. The van der Waals surface area contributed by atoms with E-state index in [2.05, 4.69) is 36.7 Å². The van der Waals surface area contributed by atoms with E-state index in [0.29, 0.717) is 0 Å².